The van der Waals surface area contributed by atoms with Gasteiger partial charge in [-0.25, -0.2) is 8.42 Å². The van der Waals surface area contributed by atoms with Gasteiger partial charge in [0.15, 0.2) is 0 Å². The zero-order valence-electron chi connectivity index (χ0n) is 16.5. The van der Waals surface area contributed by atoms with Crippen LogP contribution in [0.25, 0.3) is 0 Å². The van der Waals surface area contributed by atoms with Crippen LogP contribution in [-0.4, -0.2) is 38.1 Å². The molecule has 0 saturated carbocycles. The number of benzene rings is 2. The molecule has 1 amide bonds. The Hall–Kier alpha value is -2.94. The Morgan fingerprint density at radius 3 is 2.59 bits per heavy atom. The maximum atomic E-state index is 13.4. The normalized spacial score (nSPS) is 14.4. The molecule has 3 rings (SSSR count). The molecule has 0 fully saturated rings. The number of nitrogens with zero attached hydrogens (tertiary/aromatic N) is 3. The van der Waals surface area contributed by atoms with Crippen molar-refractivity contribution in [3.8, 4) is 0 Å². The molecule has 1 atom stereocenters. The second kappa shape index (κ2) is 7.82. The van der Waals surface area contributed by atoms with Crippen molar-refractivity contribution in [3.63, 3.8) is 0 Å². The number of carbonyl (C=O) groups excluding carboxylic acids is 1. The number of anilines is 2. The van der Waals surface area contributed by atoms with Gasteiger partial charge in [-0.2, -0.15) is 0 Å². The number of aryl methyl sites for hydroxylation is 1. The minimum absolute atomic E-state index is 0.148. The molecule has 9 heteroatoms. The van der Waals surface area contributed by atoms with E-state index in [9.17, 15) is 23.3 Å². The van der Waals surface area contributed by atoms with Gasteiger partial charge in [0.25, 0.3) is 11.6 Å². The fourth-order valence-electron chi connectivity index (χ4n) is 3.71. The summed E-state index contributed by atoms with van der Waals surface area (Å²) in [6.07, 6.45) is 1.94. The van der Waals surface area contributed by atoms with Crippen molar-refractivity contribution in [1.82, 2.24) is 0 Å². The van der Waals surface area contributed by atoms with Crippen molar-refractivity contribution in [2.45, 2.75) is 32.7 Å². The number of nitro groups is 1. The number of fused-ring (bicyclic) bond motifs is 1. The first-order chi connectivity index (χ1) is 13.6. The van der Waals surface area contributed by atoms with Gasteiger partial charge in [0.1, 0.15) is 6.04 Å². The van der Waals surface area contributed by atoms with E-state index in [-0.39, 0.29) is 23.7 Å². The van der Waals surface area contributed by atoms with Gasteiger partial charge in [-0.1, -0.05) is 31.2 Å². The lowest BCUT2D eigenvalue weighted by molar-refractivity contribution is -0.384. The molecule has 0 bridgehead atoms. The number of carbonyl (C=O) groups is 1. The van der Waals surface area contributed by atoms with Crippen molar-refractivity contribution in [3.05, 3.63) is 63.7 Å². The lowest BCUT2D eigenvalue weighted by Crippen LogP contribution is -2.50. The molecule has 0 radical (unpaired) electrons. The third kappa shape index (κ3) is 3.95. The van der Waals surface area contributed by atoms with Crippen molar-refractivity contribution >= 4 is 33.0 Å². The van der Waals surface area contributed by atoms with Gasteiger partial charge in [0.2, 0.25) is 10.0 Å². The molecule has 0 aliphatic carbocycles. The largest absolute Gasteiger partial charge is 0.310 e. The first kappa shape index (κ1) is 20.8. The minimum Gasteiger partial charge on any atom is -0.310 e. The summed E-state index contributed by atoms with van der Waals surface area (Å²) in [5.74, 6) is -0.339. The van der Waals surface area contributed by atoms with Gasteiger partial charge < -0.3 is 4.90 Å². The predicted molar refractivity (Wildman–Crippen MR) is 112 cm³/mol. The van der Waals surface area contributed by atoms with Crippen LogP contribution in [0.15, 0.2) is 42.5 Å². The van der Waals surface area contributed by atoms with Crippen molar-refractivity contribution < 1.29 is 18.1 Å². The quantitative estimate of drug-likeness (QED) is 0.531. The molecule has 0 aromatic heterocycles. The average Bonchev–Trinajstić information content (AvgIpc) is 3.09. The number of amides is 1. The van der Waals surface area contributed by atoms with E-state index >= 15 is 0 Å². The van der Waals surface area contributed by atoms with Crippen molar-refractivity contribution in [2.24, 2.45) is 0 Å². The molecule has 8 nitrogen and oxygen atoms in total. The summed E-state index contributed by atoms with van der Waals surface area (Å²) in [4.78, 5) is 25.7. The van der Waals surface area contributed by atoms with Gasteiger partial charge >= 0.3 is 0 Å². The molecule has 1 heterocycles. The summed E-state index contributed by atoms with van der Waals surface area (Å²) in [6, 6.07) is 10.6. The molecule has 29 heavy (non-hydrogen) atoms. The lowest BCUT2D eigenvalue weighted by Gasteiger charge is -2.33. The second-order valence-corrected chi connectivity index (χ2v) is 8.94. The smallest absolute Gasteiger partial charge is 0.271 e. The molecule has 0 spiro atoms. The van der Waals surface area contributed by atoms with E-state index in [1.165, 1.54) is 18.2 Å². The average molecular weight is 417 g/mol. The third-order valence-electron chi connectivity index (χ3n) is 5.11. The second-order valence-electron chi connectivity index (χ2n) is 7.08. The van der Waals surface area contributed by atoms with Crippen molar-refractivity contribution in [2.75, 3.05) is 22.0 Å². The van der Waals surface area contributed by atoms with Crippen LogP contribution < -0.4 is 9.21 Å². The molecule has 154 valence electrons. The lowest BCUT2D eigenvalue weighted by atomic mass is 10.1. The third-order valence-corrected chi connectivity index (χ3v) is 6.27. The van der Waals surface area contributed by atoms with Gasteiger partial charge in [0, 0.05) is 24.4 Å². The van der Waals surface area contributed by atoms with Crippen molar-refractivity contribution in [1.29, 1.82) is 0 Å². The summed E-state index contributed by atoms with van der Waals surface area (Å²) in [6.45, 7) is 3.87. The van der Waals surface area contributed by atoms with Crippen LogP contribution in [0.4, 0.5) is 17.1 Å². The van der Waals surface area contributed by atoms with Crippen LogP contribution in [0.3, 0.4) is 0 Å². The number of para-hydroxylation sites is 1. The van der Waals surface area contributed by atoms with E-state index in [1.807, 2.05) is 24.3 Å². The van der Waals surface area contributed by atoms with E-state index in [4.69, 9.17) is 0 Å². The molecular weight excluding hydrogens is 394 g/mol. The van der Waals surface area contributed by atoms with Crippen LogP contribution in [0, 0.1) is 17.0 Å². The SMILES string of the molecule is CCC(C(=O)N1CCc2ccccc21)N(c1cc([N+](=O)[O-])ccc1C)S(C)(=O)=O. The molecule has 1 aliphatic heterocycles. The standard InChI is InChI=1S/C20H23N3O5S/c1-4-17(20(24)21-12-11-15-7-5-6-8-18(15)21)22(29(3,27)28)19-13-16(23(25)26)10-9-14(19)2/h5-10,13,17H,4,11-12H2,1-3H3. The molecular formula is C20H23N3O5S. The molecule has 1 unspecified atom stereocenters. The Morgan fingerprint density at radius 1 is 1.28 bits per heavy atom. The van der Waals surface area contributed by atoms with Gasteiger partial charge in [-0.05, 0) is 37.0 Å². The number of rotatable bonds is 6. The highest BCUT2D eigenvalue weighted by Gasteiger charge is 2.37. The maximum Gasteiger partial charge on any atom is 0.271 e. The molecule has 0 N–H and O–H groups in total. The number of hydrogen-bond donors (Lipinski definition) is 0. The topological polar surface area (TPSA) is 101 Å². The summed E-state index contributed by atoms with van der Waals surface area (Å²) in [5.41, 5.74) is 2.27. The first-order valence-corrected chi connectivity index (χ1v) is 11.1. The Labute approximate surface area is 169 Å². The van der Waals surface area contributed by atoms with Crippen LogP contribution in [0.1, 0.15) is 24.5 Å². The number of non-ortho nitro benzene ring substituents is 1. The maximum absolute atomic E-state index is 13.4. The zero-order valence-corrected chi connectivity index (χ0v) is 17.3. The van der Waals surface area contributed by atoms with Crippen LogP contribution in [-0.2, 0) is 21.2 Å². The fraction of sp³-hybridized carbons (Fsp3) is 0.350. The molecule has 0 saturated heterocycles. The predicted octanol–water partition coefficient (Wildman–Crippen LogP) is 3.04. The highest BCUT2D eigenvalue weighted by atomic mass is 32.2. The Balaban J connectivity index is 2.08. The van der Waals surface area contributed by atoms with E-state index in [0.717, 1.165) is 21.8 Å². The number of nitro benzene ring substituents is 1. The summed E-state index contributed by atoms with van der Waals surface area (Å²) in [5, 5.41) is 11.2. The summed E-state index contributed by atoms with van der Waals surface area (Å²) < 4.78 is 26.5. The van der Waals surface area contributed by atoms with E-state index in [2.05, 4.69) is 0 Å². The summed E-state index contributed by atoms with van der Waals surface area (Å²) >= 11 is 0. The number of hydrogen-bond acceptors (Lipinski definition) is 5. The fourth-order valence-corrected chi connectivity index (χ4v) is 4.97. The monoisotopic (exact) mass is 417 g/mol. The summed E-state index contributed by atoms with van der Waals surface area (Å²) in [7, 11) is -3.88. The highest BCUT2D eigenvalue weighted by Crippen LogP contribution is 2.33. The minimum atomic E-state index is -3.88. The van der Waals surface area contributed by atoms with E-state index in [0.29, 0.717) is 18.5 Å². The molecule has 1 aliphatic rings. The van der Waals surface area contributed by atoms with Gasteiger partial charge in [0.05, 0.1) is 16.9 Å². The molecule has 2 aromatic rings. The first-order valence-electron chi connectivity index (χ1n) is 9.29. The Morgan fingerprint density at radius 2 is 1.97 bits per heavy atom. The Kier molecular flexibility index (Phi) is 5.61. The highest BCUT2D eigenvalue weighted by molar-refractivity contribution is 7.92. The van der Waals surface area contributed by atoms with Gasteiger partial charge in [-0.15, -0.1) is 0 Å². The zero-order chi connectivity index (χ0) is 21.3. The van der Waals surface area contributed by atoms with Crippen LogP contribution in [0.5, 0.6) is 0 Å². The van der Waals surface area contributed by atoms with Crippen LogP contribution in [0.2, 0.25) is 0 Å². The number of sulfonamides is 1. The van der Waals surface area contributed by atoms with Crippen LogP contribution >= 0.6 is 0 Å². The van der Waals surface area contributed by atoms with Gasteiger partial charge in [-0.3, -0.25) is 19.2 Å². The Bertz CT molecular complexity index is 1070. The van der Waals surface area contributed by atoms with E-state index < -0.39 is 21.0 Å². The van der Waals surface area contributed by atoms with E-state index in [1.54, 1.807) is 18.7 Å². The molecule has 2 aromatic carbocycles.